The second-order valence-corrected chi connectivity index (χ2v) is 20.3. The van der Waals surface area contributed by atoms with Crippen molar-refractivity contribution in [3.05, 3.63) is 23.8 Å². The third-order valence-electron chi connectivity index (χ3n) is 6.39. The number of hydrogen-bond acceptors (Lipinski definition) is 6. The molecule has 2 atom stereocenters. The smallest absolute Gasteiger partial charge is 0.337 e. The van der Waals surface area contributed by atoms with Gasteiger partial charge in [-0.2, -0.15) is 0 Å². The van der Waals surface area contributed by atoms with Crippen LogP contribution in [0.5, 0.6) is 11.5 Å². The molecule has 0 amide bonds. The van der Waals surface area contributed by atoms with Gasteiger partial charge < -0.3 is 23.8 Å². The Morgan fingerprint density at radius 3 is 1.70 bits per heavy atom. The molecule has 0 saturated heterocycles. The minimum Gasteiger partial charge on any atom is -0.541 e. The predicted octanol–water partition coefficient (Wildman–Crippen LogP) is 5.02. The first-order valence-corrected chi connectivity index (χ1v) is 16.1. The standard InChI is InChI=1S/C22H40O6Si2/c1-21(2,3)29(8,9)27-16-13-12-15(18(23)19(24)20(25)26-7)14-17(16)28-30(10,11)22(4,5)6/h12-14,18-19,23-24H,1-11H3/t18-,19+/m0/s1. The van der Waals surface area contributed by atoms with Gasteiger partial charge in [-0.1, -0.05) is 47.6 Å². The van der Waals surface area contributed by atoms with Crippen LogP contribution in [-0.2, 0) is 9.53 Å². The highest BCUT2D eigenvalue weighted by Gasteiger charge is 2.42. The maximum Gasteiger partial charge on any atom is 0.337 e. The molecule has 172 valence electrons. The minimum atomic E-state index is -2.21. The summed E-state index contributed by atoms with van der Waals surface area (Å²) in [7, 11) is -3.18. The van der Waals surface area contributed by atoms with E-state index < -0.39 is 34.8 Å². The molecule has 1 aromatic rings. The van der Waals surface area contributed by atoms with Crippen molar-refractivity contribution in [1.29, 1.82) is 0 Å². The molecule has 8 heteroatoms. The molecule has 0 saturated carbocycles. The second-order valence-electron chi connectivity index (χ2n) is 10.8. The van der Waals surface area contributed by atoms with Crippen LogP contribution in [0.2, 0.25) is 36.3 Å². The van der Waals surface area contributed by atoms with E-state index in [2.05, 4.69) is 72.5 Å². The first-order valence-electron chi connectivity index (χ1n) is 10.3. The lowest BCUT2D eigenvalue weighted by Crippen LogP contribution is -2.45. The molecule has 0 bridgehead atoms. The summed E-state index contributed by atoms with van der Waals surface area (Å²) in [5.41, 5.74) is 0.365. The number of aliphatic hydroxyl groups excluding tert-OH is 2. The van der Waals surface area contributed by atoms with Crippen molar-refractivity contribution in [3.8, 4) is 11.5 Å². The van der Waals surface area contributed by atoms with Gasteiger partial charge in [0.15, 0.2) is 6.10 Å². The number of benzene rings is 1. The SMILES string of the molecule is COC(=O)[C@H](O)[C@@H](O)c1ccc(O[Si](C)(C)C(C)(C)C)c(O[Si](C)(C)C(C)(C)C)c1. The maximum atomic E-state index is 11.7. The fourth-order valence-electron chi connectivity index (χ4n) is 2.16. The zero-order valence-electron chi connectivity index (χ0n) is 20.4. The number of carbonyl (C=O) groups is 1. The van der Waals surface area contributed by atoms with Crippen molar-refractivity contribution in [3.63, 3.8) is 0 Å². The molecule has 1 rings (SSSR count). The molecule has 1 aromatic carbocycles. The Bertz CT molecular complexity index is 747. The number of carbonyl (C=O) groups excluding carboxylic acids is 1. The van der Waals surface area contributed by atoms with E-state index in [4.69, 9.17) is 8.85 Å². The summed E-state index contributed by atoms with van der Waals surface area (Å²) in [5, 5.41) is 20.5. The molecule has 0 aromatic heterocycles. The highest BCUT2D eigenvalue weighted by molar-refractivity contribution is 6.75. The summed E-state index contributed by atoms with van der Waals surface area (Å²) < 4.78 is 17.6. The summed E-state index contributed by atoms with van der Waals surface area (Å²) in [4.78, 5) is 11.7. The third-order valence-corrected chi connectivity index (χ3v) is 15.1. The van der Waals surface area contributed by atoms with Crippen LogP contribution in [0.4, 0.5) is 0 Å². The molecule has 6 nitrogen and oxygen atoms in total. The lowest BCUT2D eigenvalue weighted by Gasteiger charge is -2.40. The van der Waals surface area contributed by atoms with Crippen LogP contribution in [0, 0.1) is 0 Å². The Balaban J connectivity index is 3.47. The first kappa shape index (κ1) is 26.7. The Morgan fingerprint density at radius 2 is 1.30 bits per heavy atom. The van der Waals surface area contributed by atoms with Crippen LogP contribution < -0.4 is 8.85 Å². The van der Waals surface area contributed by atoms with E-state index in [1.54, 1.807) is 18.2 Å². The van der Waals surface area contributed by atoms with Crippen LogP contribution in [0.25, 0.3) is 0 Å². The Labute approximate surface area is 183 Å². The van der Waals surface area contributed by atoms with Crippen molar-refractivity contribution < 1.29 is 28.6 Å². The molecule has 0 radical (unpaired) electrons. The summed E-state index contributed by atoms with van der Waals surface area (Å²) >= 11 is 0. The fourth-order valence-corrected chi connectivity index (χ4v) is 4.20. The number of esters is 1. The summed E-state index contributed by atoms with van der Waals surface area (Å²) in [6.07, 6.45) is -3.11. The quantitative estimate of drug-likeness (QED) is 0.442. The predicted molar refractivity (Wildman–Crippen MR) is 125 cm³/mol. The molecule has 0 spiro atoms. The van der Waals surface area contributed by atoms with Crippen molar-refractivity contribution in [2.75, 3.05) is 7.11 Å². The lowest BCUT2D eigenvalue weighted by molar-refractivity contribution is -0.156. The summed E-state index contributed by atoms with van der Waals surface area (Å²) in [6, 6.07) is 5.07. The first-order chi connectivity index (χ1) is 13.3. The molecule has 0 heterocycles. The van der Waals surface area contributed by atoms with Gasteiger partial charge in [-0.15, -0.1) is 0 Å². The van der Waals surface area contributed by atoms with Crippen molar-refractivity contribution in [2.45, 2.75) is 90.0 Å². The van der Waals surface area contributed by atoms with Crippen molar-refractivity contribution >= 4 is 22.6 Å². The van der Waals surface area contributed by atoms with Gasteiger partial charge in [0.25, 0.3) is 16.6 Å². The lowest BCUT2D eigenvalue weighted by atomic mass is 10.0. The van der Waals surface area contributed by atoms with E-state index >= 15 is 0 Å². The molecule has 0 aliphatic heterocycles. The van der Waals surface area contributed by atoms with Crippen molar-refractivity contribution in [2.24, 2.45) is 0 Å². The second kappa shape index (κ2) is 9.02. The van der Waals surface area contributed by atoms with Crippen LogP contribution in [-0.4, -0.2) is 46.0 Å². The molecule has 0 aliphatic rings. The van der Waals surface area contributed by atoms with Gasteiger partial charge in [0.05, 0.1) is 7.11 Å². The maximum absolute atomic E-state index is 11.7. The number of aliphatic hydroxyl groups is 2. The topological polar surface area (TPSA) is 85.2 Å². The van der Waals surface area contributed by atoms with E-state index in [1.807, 2.05) is 0 Å². The van der Waals surface area contributed by atoms with E-state index in [0.717, 1.165) is 0 Å². The van der Waals surface area contributed by atoms with Crippen LogP contribution >= 0.6 is 0 Å². The third kappa shape index (κ3) is 6.09. The number of rotatable bonds is 7. The monoisotopic (exact) mass is 456 g/mol. The molecule has 30 heavy (non-hydrogen) atoms. The average Bonchev–Trinajstić information content (AvgIpc) is 2.58. The van der Waals surface area contributed by atoms with E-state index in [-0.39, 0.29) is 10.1 Å². The van der Waals surface area contributed by atoms with Gasteiger partial charge in [0.1, 0.15) is 17.6 Å². The van der Waals surface area contributed by atoms with Gasteiger partial charge in [0.2, 0.25) is 0 Å². The van der Waals surface area contributed by atoms with Crippen molar-refractivity contribution in [1.82, 2.24) is 0 Å². The Hall–Kier alpha value is -1.36. The Kier molecular flexibility index (Phi) is 8.02. The van der Waals surface area contributed by atoms with E-state index in [1.165, 1.54) is 7.11 Å². The molecule has 0 unspecified atom stereocenters. The van der Waals surface area contributed by atoms with Gasteiger partial charge >= 0.3 is 5.97 Å². The Morgan fingerprint density at radius 1 is 0.867 bits per heavy atom. The zero-order chi connectivity index (χ0) is 23.7. The highest BCUT2D eigenvalue weighted by Crippen LogP contribution is 2.44. The summed E-state index contributed by atoms with van der Waals surface area (Å²) in [6.45, 7) is 21.5. The van der Waals surface area contributed by atoms with E-state index in [9.17, 15) is 15.0 Å². The average molecular weight is 457 g/mol. The minimum absolute atomic E-state index is 0.000503. The largest absolute Gasteiger partial charge is 0.541 e. The van der Waals surface area contributed by atoms with Gasteiger partial charge in [-0.25, -0.2) is 4.79 Å². The van der Waals surface area contributed by atoms with Gasteiger partial charge in [-0.05, 0) is 54.0 Å². The number of hydrogen-bond donors (Lipinski definition) is 2. The number of ether oxygens (including phenoxy) is 1. The normalized spacial score (nSPS) is 15.4. The van der Waals surface area contributed by atoms with Crippen LogP contribution in [0.1, 0.15) is 53.2 Å². The zero-order valence-corrected chi connectivity index (χ0v) is 22.4. The number of methoxy groups -OCH3 is 1. The van der Waals surface area contributed by atoms with Gasteiger partial charge in [-0.3, -0.25) is 0 Å². The van der Waals surface area contributed by atoms with E-state index in [0.29, 0.717) is 17.1 Å². The molecule has 0 fully saturated rings. The molecular formula is C22H40O6Si2. The van der Waals surface area contributed by atoms with Crippen LogP contribution in [0.3, 0.4) is 0 Å². The fraction of sp³-hybridized carbons (Fsp3) is 0.682. The molecule has 2 N–H and O–H groups in total. The molecule has 0 aliphatic carbocycles. The van der Waals surface area contributed by atoms with Gasteiger partial charge in [0, 0.05) is 0 Å². The highest BCUT2D eigenvalue weighted by atomic mass is 28.4. The summed E-state index contributed by atoms with van der Waals surface area (Å²) in [5.74, 6) is 0.255. The molecular weight excluding hydrogens is 416 g/mol. The van der Waals surface area contributed by atoms with Crippen LogP contribution in [0.15, 0.2) is 18.2 Å².